The molecule has 0 aromatic carbocycles. The number of carbonyl (C=O) groups is 1. The molecule has 0 bridgehead atoms. The van der Waals surface area contributed by atoms with E-state index >= 15 is 0 Å². The minimum Gasteiger partial charge on any atom is -0.355 e. The molecule has 4 rings (SSSR count). The lowest BCUT2D eigenvalue weighted by atomic mass is 9.82. The van der Waals surface area contributed by atoms with E-state index in [-0.39, 0.29) is 30.3 Å². The molecule has 12 heteroatoms. The second-order valence-electron chi connectivity index (χ2n) is 9.12. The number of nitrogens with zero attached hydrogens (tertiary/aromatic N) is 3. The van der Waals surface area contributed by atoms with Gasteiger partial charge in [0.2, 0.25) is 0 Å². The Labute approximate surface area is 202 Å². The lowest BCUT2D eigenvalue weighted by Crippen LogP contribution is -2.52. The molecule has 0 spiro atoms. The van der Waals surface area contributed by atoms with Crippen LogP contribution in [-0.4, -0.2) is 43.3 Å². The molecule has 34 heavy (non-hydrogen) atoms. The van der Waals surface area contributed by atoms with Crippen LogP contribution in [0.25, 0.3) is 0 Å². The van der Waals surface area contributed by atoms with Crippen LogP contribution in [0.2, 0.25) is 5.02 Å². The lowest BCUT2D eigenvalue weighted by Gasteiger charge is -2.42. The van der Waals surface area contributed by atoms with Crippen LogP contribution in [0, 0.1) is 11.8 Å². The number of nitrogens with one attached hydrogen (secondary N) is 1. The van der Waals surface area contributed by atoms with E-state index in [1.807, 2.05) is 0 Å². The minimum absolute atomic E-state index is 0.0289. The van der Waals surface area contributed by atoms with Crippen molar-refractivity contribution < 1.29 is 22.0 Å². The van der Waals surface area contributed by atoms with Gasteiger partial charge in [0.25, 0.3) is 21.9 Å². The number of rotatable bonds is 5. The van der Waals surface area contributed by atoms with Gasteiger partial charge in [0.1, 0.15) is 5.82 Å². The van der Waals surface area contributed by atoms with Gasteiger partial charge >= 0.3 is 0 Å². The molecule has 0 unspecified atom stereocenters. The van der Waals surface area contributed by atoms with Crippen molar-refractivity contribution >= 4 is 39.0 Å². The molecule has 3 heterocycles. The third-order valence-corrected chi connectivity index (χ3v) is 7.71. The Balaban J connectivity index is 1.72. The number of anilines is 2. The third kappa shape index (κ3) is 4.73. The number of piperidine rings is 1. The van der Waals surface area contributed by atoms with Gasteiger partial charge in [-0.05, 0) is 25.0 Å². The van der Waals surface area contributed by atoms with E-state index < -0.39 is 38.7 Å². The molecule has 2 aromatic rings. The van der Waals surface area contributed by atoms with Crippen LogP contribution < -0.4 is 15.4 Å². The Kier molecular flexibility index (Phi) is 6.56. The number of hydrogen-bond acceptors (Lipinski definition) is 6. The van der Waals surface area contributed by atoms with Crippen molar-refractivity contribution in [1.29, 1.82) is 0 Å². The number of alkyl halides is 2. The average molecular weight is 514 g/mol. The number of halogens is 3. The summed E-state index contributed by atoms with van der Waals surface area (Å²) in [7, 11) is -4.07. The summed E-state index contributed by atoms with van der Waals surface area (Å²) in [5.41, 5.74) is 0.935. The first-order valence-electron chi connectivity index (χ1n) is 11.0. The Hall–Kier alpha value is -2.37. The molecule has 3 N–H and O–H groups in total. The maximum absolute atomic E-state index is 14.5. The van der Waals surface area contributed by atoms with E-state index in [4.69, 9.17) is 21.7 Å². The molecule has 1 aliphatic carbocycles. The summed E-state index contributed by atoms with van der Waals surface area (Å²) < 4.78 is 52.2. The molecular formula is C22H26ClF2N5O3S. The number of pyridine rings is 2. The smallest absolute Gasteiger partial charge is 0.259 e. The van der Waals surface area contributed by atoms with Gasteiger partial charge in [0.05, 0.1) is 16.3 Å². The van der Waals surface area contributed by atoms with E-state index in [2.05, 4.69) is 10.3 Å². The number of sulfonamides is 1. The zero-order valence-electron chi connectivity index (χ0n) is 18.8. The van der Waals surface area contributed by atoms with E-state index in [0.717, 1.165) is 25.3 Å². The summed E-state index contributed by atoms with van der Waals surface area (Å²) >= 11 is 6.50. The van der Waals surface area contributed by atoms with E-state index in [0.29, 0.717) is 16.5 Å². The number of aromatic nitrogens is 2. The maximum Gasteiger partial charge on any atom is 0.259 e. The number of amides is 1. The molecule has 1 saturated carbocycles. The van der Waals surface area contributed by atoms with Crippen LogP contribution in [0.3, 0.4) is 0 Å². The highest BCUT2D eigenvalue weighted by atomic mass is 35.5. The van der Waals surface area contributed by atoms with Crippen molar-refractivity contribution in [2.24, 2.45) is 17.0 Å². The van der Waals surface area contributed by atoms with Crippen LogP contribution in [0.5, 0.6) is 0 Å². The topological polar surface area (TPSA) is 118 Å². The van der Waals surface area contributed by atoms with Crippen LogP contribution in [-0.2, 0) is 10.0 Å². The van der Waals surface area contributed by atoms with Crippen LogP contribution >= 0.6 is 11.6 Å². The highest BCUT2D eigenvalue weighted by Crippen LogP contribution is 2.43. The zero-order chi connectivity index (χ0) is 24.8. The number of primary sulfonamides is 1. The molecule has 184 valence electrons. The highest BCUT2D eigenvalue weighted by molar-refractivity contribution is 7.89. The van der Waals surface area contributed by atoms with Crippen LogP contribution in [0.1, 0.15) is 55.1 Å². The SMILES string of the molecule is C[C@@H]1CN(c2nc(C3CCC3)c(Cl)cc2C(=O)Nc2ccnc(S(N)(=O)=O)c2)C[C@H](C)C1(F)F. The van der Waals surface area contributed by atoms with Crippen molar-refractivity contribution in [3.05, 3.63) is 40.7 Å². The standard InChI is InChI=1S/C22H26ClF2N5O3S/c1-12-10-30(11-13(2)22(12,24)25)20-16(9-17(23)19(29-20)14-4-3-5-14)21(31)28-15-6-7-27-18(8-15)34(26,32)33/h6-9,12-14H,3-5,10-11H2,1-2H3,(H2,26,32,33)(H,27,28,31)/t12-,13+. The van der Waals surface area contributed by atoms with Crippen LogP contribution in [0.4, 0.5) is 20.3 Å². The largest absolute Gasteiger partial charge is 0.355 e. The summed E-state index contributed by atoms with van der Waals surface area (Å²) in [5, 5.41) is 7.68. The Morgan fingerprint density at radius 3 is 2.44 bits per heavy atom. The van der Waals surface area contributed by atoms with E-state index in [1.165, 1.54) is 32.2 Å². The normalized spacial score (nSPS) is 22.8. The Bertz CT molecular complexity index is 1210. The fourth-order valence-corrected chi connectivity index (χ4v) is 5.15. The fraction of sp³-hybridized carbons (Fsp3) is 0.500. The van der Waals surface area contributed by atoms with Crippen molar-refractivity contribution in [2.45, 2.75) is 50.0 Å². The Morgan fingerprint density at radius 1 is 1.24 bits per heavy atom. The van der Waals surface area contributed by atoms with Crippen LogP contribution in [0.15, 0.2) is 29.4 Å². The van der Waals surface area contributed by atoms with Gasteiger partial charge in [-0.25, -0.2) is 32.3 Å². The molecule has 2 aromatic heterocycles. The van der Waals surface area contributed by atoms with Gasteiger partial charge in [0, 0.05) is 48.8 Å². The molecule has 2 atom stereocenters. The molecule has 1 saturated heterocycles. The second-order valence-corrected chi connectivity index (χ2v) is 11.0. The first kappa shape index (κ1) is 24.7. The number of nitrogens with two attached hydrogens (primary N) is 1. The summed E-state index contributed by atoms with van der Waals surface area (Å²) in [6.07, 6.45) is 4.11. The van der Waals surface area contributed by atoms with Gasteiger partial charge in [-0.2, -0.15) is 0 Å². The van der Waals surface area contributed by atoms with Gasteiger partial charge in [0.15, 0.2) is 5.03 Å². The molecule has 1 amide bonds. The van der Waals surface area contributed by atoms with E-state index in [1.54, 1.807) is 4.90 Å². The van der Waals surface area contributed by atoms with E-state index in [9.17, 15) is 22.0 Å². The molecule has 2 fully saturated rings. The summed E-state index contributed by atoms with van der Waals surface area (Å²) in [4.78, 5) is 23.4. The average Bonchev–Trinajstić information content (AvgIpc) is 2.71. The van der Waals surface area contributed by atoms with Crippen molar-refractivity contribution in [1.82, 2.24) is 9.97 Å². The molecular weight excluding hydrogens is 488 g/mol. The Morgan fingerprint density at radius 2 is 1.88 bits per heavy atom. The minimum atomic E-state index is -4.07. The first-order chi connectivity index (χ1) is 15.9. The zero-order valence-corrected chi connectivity index (χ0v) is 20.3. The second kappa shape index (κ2) is 9.01. The summed E-state index contributed by atoms with van der Waals surface area (Å²) in [6.45, 7) is 3.02. The lowest BCUT2D eigenvalue weighted by molar-refractivity contribution is -0.105. The number of carbonyl (C=O) groups excluding carboxylic acids is 1. The molecule has 8 nitrogen and oxygen atoms in total. The predicted molar refractivity (Wildman–Crippen MR) is 125 cm³/mol. The first-order valence-corrected chi connectivity index (χ1v) is 12.9. The van der Waals surface area contributed by atoms with Gasteiger partial charge in [-0.3, -0.25) is 4.79 Å². The maximum atomic E-state index is 14.5. The van der Waals surface area contributed by atoms with Gasteiger partial charge < -0.3 is 10.2 Å². The summed E-state index contributed by atoms with van der Waals surface area (Å²) in [6, 6.07) is 4.06. The van der Waals surface area contributed by atoms with Gasteiger partial charge in [-0.15, -0.1) is 0 Å². The van der Waals surface area contributed by atoms with Crippen molar-refractivity contribution in [2.75, 3.05) is 23.3 Å². The molecule has 0 radical (unpaired) electrons. The molecule has 2 aliphatic rings. The van der Waals surface area contributed by atoms with Gasteiger partial charge in [-0.1, -0.05) is 31.9 Å². The third-order valence-electron chi connectivity index (χ3n) is 6.61. The highest BCUT2D eigenvalue weighted by Gasteiger charge is 2.48. The number of hydrogen-bond donors (Lipinski definition) is 2. The molecule has 1 aliphatic heterocycles. The van der Waals surface area contributed by atoms with Crippen molar-refractivity contribution in [3.8, 4) is 0 Å². The van der Waals surface area contributed by atoms with Crippen molar-refractivity contribution in [3.63, 3.8) is 0 Å². The predicted octanol–water partition coefficient (Wildman–Crippen LogP) is 4.02. The summed E-state index contributed by atoms with van der Waals surface area (Å²) in [5.74, 6) is -4.85. The fourth-order valence-electron chi connectivity index (χ4n) is 4.35. The quantitative estimate of drug-likeness (QED) is 0.623. The monoisotopic (exact) mass is 513 g/mol.